The summed E-state index contributed by atoms with van der Waals surface area (Å²) < 4.78 is 1.63. The number of hydrogen-bond donors (Lipinski definition) is 1. The summed E-state index contributed by atoms with van der Waals surface area (Å²) in [6.45, 7) is 3.18. The number of β-amino-alcohol motifs (C(OH)–C–C–N with tert-alkyl or cyclic N) is 1. The van der Waals surface area contributed by atoms with E-state index in [4.69, 9.17) is 0 Å². The molecule has 0 bridgehead atoms. The van der Waals surface area contributed by atoms with E-state index in [1.54, 1.807) is 16.9 Å². The van der Waals surface area contributed by atoms with E-state index in [0.29, 0.717) is 18.7 Å². The number of tetrazole rings is 1. The van der Waals surface area contributed by atoms with Crippen molar-refractivity contribution >= 4 is 11.5 Å². The fraction of sp³-hybridized carbons (Fsp3) is 0.556. The van der Waals surface area contributed by atoms with E-state index >= 15 is 0 Å². The fourth-order valence-corrected chi connectivity index (χ4v) is 1.93. The van der Waals surface area contributed by atoms with Crippen molar-refractivity contribution in [3.05, 3.63) is 12.4 Å². The molecule has 7 heteroatoms. The van der Waals surface area contributed by atoms with E-state index in [2.05, 4.69) is 20.5 Å². The molecule has 1 N–H and O–H groups in total. The van der Waals surface area contributed by atoms with Crippen LogP contribution >= 0.6 is 0 Å². The summed E-state index contributed by atoms with van der Waals surface area (Å²) in [6.07, 6.45) is 4.07. The van der Waals surface area contributed by atoms with Crippen molar-refractivity contribution in [2.24, 2.45) is 0 Å². The lowest BCUT2D eigenvalue weighted by Gasteiger charge is -2.46. The molecule has 0 aliphatic carbocycles. The molecule has 7 nitrogen and oxygen atoms in total. The highest BCUT2D eigenvalue weighted by molar-refractivity contribution is 5.49. The monoisotopic (exact) mass is 220 g/mol. The summed E-state index contributed by atoms with van der Waals surface area (Å²) in [4.78, 5) is 6.09. The van der Waals surface area contributed by atoms with Crippen LogP contribution in [0.15, 0.2) is 12.4 Å². The molecule has 2 aromatic rings. The maximum Gasteiger partial charge on any atom is 0.199 e. The third-order valence-corrected chi connectivity index (χ3v) is 3.04. The minimum atomic E-state index is -0.573. The van der Waals surface area contributed by atoms with Gasteiger partial charge in [-0.05, 0) is 16.8 Å². The summed E-state index contributed by atoms with van der Waals surface area (Å²) in [5.41, 5.74) is 0.0420. The SMILES string of the molecule is CCC1(O)CN(c2cncc3nnnn23)C1. The number of nitrogens with zero attached hydrogens (tertiary/aromatic N) is 6. The summed E-state index contributed by atoms with van der Waals surface area (Å²) in [5, 5.41) is 21.3. The van der Waals surface area contributed by atoms with E-state index in [1.165, 1.54) is 0 Å². The average molecular weight is 220 g/mol. The summed E-state index contributed by atoms with van der Waals surface area (Å²) in [5.74, 6) is 0.820. The molecule has 16 heavy (non-hydrogen) atoms. The van der Waals surface area contributed by atoms with Gasteiger partial charge in [-0.2, -0.15) is 4.52 Å². The largest absolute Gasteiger partial charge is 0.386 e. The predicted octanol–water partition coefficient (Wildman–Crippen LogP) is -0.520. The lowest BCUT2D eigenvalue weighted by molar-refractivity contribution is 0.00780. The Kier molecular flexibility index (Phi) is 1.84. The van der Waals surface area contributed by atoms with Crippen molar-refractivity contribution in [2.75, 3.05) is 18.0 Å². The maximum absolute atomic E-state index is 9.95. The van der Waals surface area contributed by atoms with Crippen molar-refractivity contribution < 1.29 is 5.11 Å². The quantitative estimate of drug-likeness (QED) is 0.733. The topological polar surface area (TPSA) is 79.4 Å². The van der Waals surface area contributed by atoms with Gasteiger partial charge in [-0.1, -0.05) is 6.92 Å². The lowest BCUT2D eigenvalue weighted by Crippen LogP contribution is -2.62. The Morgan fingerprint density at radius 1 is 1.44 bits per heavy atom. The molecule has 1 aliphatic rings. The normalized spacial score (nSPS) is 18.8. The second-order valence-electron chi connectivity index (χ2n) is 4.15. The Morgan fingerprint density at radius 3 is 3.00 bits per heavy atom. The van der Waals surface area contributed by atoms with Gasteiger partial charge in [0.25, 0.3) is 0 Å². The van der Waals surface area contributed by atoms with Crippen molar-refractivity contribution in [3.63, 3.8) is 0 Å². The van der Waals surface area contributed by atoms with Gasteiger partial charge < -0.3 is 10.0 Å². The molecule has 0 radical (unpaired) electrons. The Bertz CT molecular complexity index is 517. The van der Waals surface area contributed by atoms with Crippen LogP contribution in [-0.2, 0) is 0 Å². The molecule has 3 rings (SSSR count). The summed E-state index contributed by atoms with van der Waals surface area (Å²) in [6, 6.07) is 0. The standard InChI is InChI=1S/C9H12N6O/c1-2-9(16)5-14(6-9)8-4-10-3-7-11-12-13-15(7)8/h3-4,16H,2,5-6H2,1H3. The molecule has 2 aromatic heterocycles. The van der Waals surface area contributed by atoms with Gasteiger partial charge in [0, 0.05) is 0 Å². The number of anilines is 1. The first-order chi connectivity index (χ1) is 7.72. The summed E-state index contributed by atoms with van der Waals surface area (Å²) >= 11 is 0. The Labute approximate surface area is 91.7 Å². The number of rotatable bonds is 2. The van der Waals surface area contributed by atoms with Gasteiger partial charge >= 0.3 is 0 Å². The molecule has 3 heterocycles. The number of hydrogen-bond acceptors (Lipinski definition) is 6. The highest BCUT2D eigenvalue weighted by atomic mass is 16.3. The minimum Gasteiger partial charge on any atom is -0.386 e. The Morgan fingerprint density at radius 2 is 2.25 bits per heavy atom. The maximum atomic E-state index is 9.95. The Balaban J connectivity index is 1.94. The fourth-order valence-electron chi connectivity index (χ4n) is 1.93. The Hall–Kier alpha value is -1.76. The zero-order valence-corrected chi connectivity index (χ0v) is 8.91. The van der Waals surface area contributed by atoms with Crippen molar-refractivity contribution in [3.8, 4) is 0 Å². The van der Waals surface area contributed by atoms with Crippen LogP contribution in [0.4, 0.5) is 5.82 Å². The predicted molar refractivity (Wildman–Crippen MR) is 56.0 cm³/mol. The molecular formula is C9H12N6O. The highest BCUT2D eigenvalue weighted by Gasteiger charge is 2.40. The minimum absolute atomic E-state index is 0.573. The molecule has 0 aromatic carbocycles. The first kappa shape index (κ1) is 9.46. The molecule has 0 spiro atoms. The van der Waals surface area contributed by atoms with Crippen LogP contribution in [0.25, 0.3) is 5.65 Å². The van der Waals surface area contributed by atoms with Gasteiger partial charge in [-0.3, -0.25) is 4.98 Å². The van der Waals surface area contributed by atoms with Crippen LogP contribution in [0.2, 0.25) is 0 Å². The molecular weight excluding hydrogens is 208 g/mol. The summed E-state index contributed by atoms with van der Waals surface area (Å²) in [7, 11) is 0. The van der Waals surface area contributed by atoms with Gasteiger partial charge in [0.05, 0.1) is 31.1 Å². The molecule has 1 saturated heterocycles. The van der Waals surface area contributed by atoms with Crippen LogP contribution < -0.4 is 4.90 Å². The van der Waals surface area contributed by atoms with Crippen molar-refractivity contribution in [1.82, 2.24) is 25.0 Å². The van der Waals surface area contributed by atoms with Crippen molar-refractivity contribution in [1.29, 1.82) is 0 Å². The molecule has 0 amide bonds. The first-order valence-electron chi connectivity index (χ1n) is 5.21. The van der Waals surface area contributed by atoms with Gasteiger partial charge in [0.15, 0.2) is 11.5 Å². The van der Waals surface area contributed by atoms with Crippen molar-refractivity contribution in [2.45, 2.75) is 18.9 Å². The van der Waals surface area contributed by atoms with Gasteiger partial charge in [-0.15, -0.1) is 5.10 Å². The lowest BCUT2D eigenvalue weighted by atomic mass is 9.91. The molecule has 0 atom stereocenters. The zero-order chi connectivity index (χ0) is 11.2. The van der Waals surface area contributed by atoms with Gasteiger partial charge in [-0.25, -0.2) is 0 Å². The molecule has 84 valence electrons. The first-order valence-corrected chi connectivity index (χ1v) is 5.21. The van der Waals surface area contributed by atoms with Crippen LogP contribution in [0.1, 0.15) is 13.3 Å². The number of aromatic nitrogens is 5. The molecule has 1 fully saturated rings. The van der Waals surface area contributed by atoms with Gasteiger partial charge in [0.2, 0.25) is 0 Å². The van der Waals surface area contributed by atoms with Gasteiger partial charge in [0.1, 0.15) is 0 Å². The third kappa shape index (κ3) is 1.25. The third-order valence-electron chi connectivity index (χ3n) is 3.04. The van der Waals surface area contributed by atoms with E-state index in [1.807, 2.05) is 11.8 Å². The molecule has 0 unspecified atom stereocenters. The highest BCUT2D eigenvalue weighted by Crippen LogP contribution is 2.28. The van der Waals surface area contributed by atoms with E-state index < -0.39 is 5.60 Å². The van der Waals surface area contributed by atoms with Crippen LogP contribution in [0.5, 0.6) is 0 Å². The smallest absolute Gasteiger partial charge is 0.199 e. The van der Waals surface area contributed by atoms with Crippen LogP contribution in [0, 0.1) is 0 Å². The average Bonchev–Trinajstić information content (AvgIpc) is 2.72. The van der Waals surface area contributed by atoms with E-state index in [9.17, 15) is 5.11 Å². The molecule has 1 aliphatic heterocycles. The van der Waals surface area contributed by atoms with Crippen LogP contribution in [0.3, 0.4) is 0 Å². The van der Waals surface area contributed by atoms with Crippen LogP contribution in [-0.4, -0.2) is 48.8 Å². The number of aliphatic hydroxyl groups is 1. The molecule has 0 saturated carbocycles. The zero-order valence-electron chi connectivity index (χ0n) is 8.91. The second-order valence-corrected chi connectivity index (χ2v) is 4.15. The number of fused-ring (bicyclic) bond motifs is 1. The van der Waals surface area contributed by atoms with E-state index in [-0.39, 0.29) is 0 Å². The van der Waals surface area contributed by atoms with E-state index in [0.717, 1.165) is 12.2 Å². The second kappa shape index (κ2) is 3.11.